The second-order valence-corrected chi connectivity index (χ2v) is 8.26. The topological polar surface area (TPSA) is 92.7 Å². The van der Waals surface area contributed by atoms with Crippen LogP contribution in [0.4, 0.5) is 5.69 Å². The number of rotatable bonds is 5. The first-order valence-electron chi connectivity index (χ1n) is 5.53. The molecule has 2 rings (SSSR count). The van der Waals surface area contributed by atoms with Crippen LogP contribution in [-0.2, 0) is 10.0 Å². The van der Waals surface area contributed by atoms with Gasteiger partial charge in [-0.15, -0.1) is 11.3 Å². The second-order valence-electron chi connectivity index (χ2n) is 3.88. The van der Waals surface area contributed by atoms with Gasteiger partial charge in [-0.2, -0.15) is 0 Å². The number of carboxylic acid groups (broad SMARTS) is 1. The number of hydrogen-bond acceptors (Lipinski definition) is 5. The van der Waals surface area contributed by atoms with Crippen molar-refractivity contribution in [2.75, 3.05) is 11.8 Å². The first-order chi connectivity index (χ1) is 9.83. The van der Waals surface area contributed by atoms with E-state index < -0.39 is 16.0 Å². The summed E-state index contributed by atoms with van der Waals surface area (Å²) in [5, 5.41) is 8.97. The fraction of sp³-hybridized carbons (Fsp3) is 0.0833. The van der Waals surface area contributed by atoms with Gasteiger partial charge in [0.2, 0.25) is 0 Å². The molecule has 0 saturated carbocycles. The number of benzene rings is 1. The molecule has 0 atom stereocenters. The lowest BCUT2D eigenvalue weighted by molar-refractivity contribution is 0.0697. The van der Waals surface area contributed by atoms with E-state index in [4.69, 9.17) is 9.84 Å². The highest BCUT2D eigenvalue weighted by Gasteiger charge is 2.19. The summed E-state index contributed by atoms with van der Waals surface area (Å²) in [6, 6.07) is 7.00. The Morgan fingerprint density at radius 1 is 1.33 bits per heavy atom. The fourth-order valence-electron chi connectivity index (χ4n) is 1.56. The number of methoxy groups -OCH3 is 1. The third-order valence-corrected chi connectivity index (χ3v) is 5.99. The van der Waals surface area contributed by atoms with Crippen LogP contribution in [0.3, 0.4) is 0 Å². The Labute approximate surface area is 133 Å². The molecule has 0 aliphatic heterocycles. The van der Waals surface area contributed by atoms with Crippen LogP contribution in [0.1, 0.15) is 10.4 Å². The summed E-state index contributed by atoms with van der Waals surface area (Å²) in [5.74, 6) is -0.920. The van der Waals surface area contributed by atoms with E-state index in [0.717, 1.165) is 11.3 Å². The second kappa shape index (κ2) is 6.04. The van der Waals surface area contributed by atoms with Gasteiger partial charge in [-0.25, -0.2) is 13.2 Å². The highest BCUT2D eigenvalue weighted by molar-refractivity contribution is 9.11. The van der Waals surface area contributed by atoms with E-state index in [-0.39, 0.29) is 21.2 Å². The largest absolute Gasteiger partial charge is 0.495 e. The molecular weight excluding hydrogens is 382 g/mol. The minimum atomic E-state index is -3.80. The molecular formula is C12H10BrNO5S2. The molecule has 0 radical (unpaired) electrons. The normalized spacial score (nSPS) is 11.1. The Morgan fingerprint density at radius 2 is 2.05 bits per heavy atom. The summed E-state index contributed by atoms with van der Waals surface area (Å²) >= 11 is 4.24. The molecule has 6 nitrogen and oxygen atoms in total. The highest BCUT2D eigenvalue weighted by atomic mass is 79.9. The zero-order valence-corrected chi connectivity index (χ0v) is 13.9. The molecule has 1 heterocycles. The molecule has 0 unspecified atom stereocenters. The van der Waals surface area contributed by atoms with E-state index in [9.17, 15) is 13.2 Å². The monoisotopic (exact) mass is 391 g/mol. The summed E-state index contributed by atoms with van der Waals surface area (Å²) in [5.41, 5.74) is 0.0304. The molecule has 2 aromatic rings. The van der Waals surface area contributed by atoms with Crippen molar-refractivity contribution in [1.29, 1.82) is 0 Å². The van der Waals surface area contributed by atoms with Crippen molar-refractivity contribution in [2.45, 2.75) is 4.21 Å². The number of sulfonamides is 1. The van der Waals surface area contributed by atoms with Gasteiger partial charge in [0.25, 0.3) is 10.0 Å². The molecule has 0 saturated heterocycles. The summed E-state index contributed by atoms with van der Waals surface area (Å²) in [6.45, 7) is 0. The van der Waals surface area contributed by atoms with Gasteiger partial charge >= 0.3 is 5.97 Å². The van der Waals surface area contributed by atoms with Crippen molar-refractivity contribution in [3.05, 3.63) is 39.7 Å². The van der Waals surface area contributed by atoms with Crippen LogP contribution in [0.25, 0.3) is 0 Å². The number of anilines is 1. The summed E-state index contributed by atoms with van der Waals surface area (Å²) in [6.07, 6.45) is 0. The summed E-state index contributed by atoms with van der Waals surface area (Å²) < 4.78 is 32.6. The average Bonchev–Trinajstić information content (AvgIpc) is 2.85. The predicted molar refractivity (Wildman–Crippen MR) is 82.8 cm³/mol. The lowest BCUT2D eigenvalue weighted by Crippen LogP contribution is -2.13. The molecule has 112 valence electrons. The SMILES string of the molecule is COc1ccc(C(=O)O)cc1NS(=O)(=O)c1ccc(Br)s1. The van der Waals surface area contributed by atoms with E-state index in [1.54, 1.807) is 6.07 Å². The van der Waals surface area contributed by atoms with Crippen LogP contribution < -0.4 is 9.46 Å². The maximum absolute atomic E-state index is 12.2. The van der Waals surface area contributed by atoms with Crippen LogP contribution in [0.5, 0.6) is 5.75 Å². The molecule has 0 spiro atoms. The maximum Gasteiger partial charge on any atom is 0.335 e. The molecule has 9 heteroatoms. The minimum absolute atomic E-state index is 0.0409. The third kappa shape index (κ3) is 3.55. The zero-order valence-electron chi connectivity index (χ0n) is 10.7. The Hall–Kier alpha value is -1.58. The molecule has 1 aromatic carbocycles. The van der Waals surface area contributed by atoms with E-state index in [2.05, 4.69) is 20.7 Å². The molecule has 2 N–H and O–H groups in total. The molecule has 0 fully saturated rings. The Kier molecular flexibility index (Phi) is 4.55. The van der Waals surface area contributed by atoms with Gasteiger partial charge in [0.15, 0.2) is 0 Å². The summed E-state index contributed by atoms with van der Waals surface area (Å²) in [4.78, 5) is 11.0. The number of aromatic carboxylic acids is 1. The van der Waals surface area contributed by atoms with Crippen molar-refractivity contribution in [3.63, 3.8) is 0 Å². The molecule has 0 aliphatic carbocycles. The van der Waals surface area contributed by atoms with E-state index in [1.165, 1.54) is 31.4 Å². The van der Waals surface area contributed by atoms with Gasteiger partial charge in [0.05, 0.1) is 22.1 Å². The lowest BCUT2D eigenvalue weighted by Gasteiger charge is -2.11. The van der Waals surface area contributed by atoms with Crippen LogP contribution in [0, 0.1) is 0 Å². The minimum Gasteiger partial charge on any atom is -0.495 e. The van der Waals surface area contributed by atoms with Crippen molar-refractivity contribution in [1.82, 2.24) is 0 Å². The quantitative estimate of drug-likeness (QED) is 0.816. The number of thiophene rings is 1. The number of ether oxygens (including phenoxy) is 1. The van der Waals surface area contributed by atoms with Crippen molar-refractivity contribution >= 4 is 48.9 Å². The fourth-order valence-corrected chi connectivity index (χ4v) is 4.63. The zero-order chi connectivity index (χ0) is 15.6. The molecule has 21 heavy (non-hydrogen) atoms. The van der Waals surface area contributed by atoms with Gasteiger partial charge in [-0.05, 0) is 46.3 Å². The third-order valence-electron chi connectivity index (χ3n) is 2.50. The Bertz CT molecular complexity index is 785. The Morgan fingerprint density at radius 3 is 2.57 bits per heavy atom. The summed E-state index contributed by atoms with van der Waals surface area (Å²) in [7, 11) is -2.43. The van der Waals surface area contributed by atoms with Crippen molar-refractivity contribution in [2.24, 2.45) is 0 Å². The van der Waals surface area contributed by atoms with Crippen LogP contribution in [0.2, 0.25) is 0 Å². The van der Waals surface area contributed by atoms with Gasteiger partial charge in [-0.1, -0.05) is 0 Å². The predicted octanol–water partition coefficient (Wildman–Crippen LogP) is 3.02. The molecule has 0 amide bonds. The van der Waals surface area contributed by atoms with Crippen molar-refractivity contribution < 1.29 is 23.1 Å². The Balaban J connectivity index is 2.42. The lowest BCUT2D eigenvalue weighted by atomic mass is 10.2. The highest BCUT2D eigenvalue weighted by Crippen LogP contribution is 2.31. The van der Waals surface area contributed by atoms with Gasteiger partial charge < -0.3 is 9.84 Å². The first-order valence-corrected chi connectivity index (χ1v) is 8.62. The number of hydrogen-bond donors (Lipinski definition) is 2. The number of nitrogens with one attached hydrogen (secondary N) is 1. The van der Waals surface area contributed by atoms with Crippen LogP contribution in [0.15, 0.2) is 38.3 Å². The van der Waals surface area contributed by atoms with E-state index >= 15 is 0 Å². The number of carbonyl (C=O) groups is 1. The average molecular weight is 392 g/mol. The standard InChI is InChI=1S/C12H10BrNO5S2/c1-19-9-3-2-7(12(15)16)6-8(9)14-21(17,18)11-5-4-10(13)20-11/h2-6,14H,1H3,(H,15,16). The van der Waals surface area contributed by atoms with Gasteiger partial charge in [-0.3, -0.25) is 4.72 Å². The van der Waals surface area contributed by atoms with Crippen LogP contribution >= 0.6 is 27.3 Å². The smallest absolute Gasteiger partial charge is 0.335 e. The van der Waals surface area contributed by atoms with E-state index in [1.807, 2.05) is 0 Å². The maximum atomic E-state index is 12.2. The van der Waals surface area contributed by atoms with Gasteiger partial charge in [0.1, 0.15) is 9.96 Å². The van der Waals surface area contributed by atoms with Gasteiger partial charge in [0, 0.05) is 0 Å². The first kappa shape index (κ1) is 15.8. The number of halogens is 1. The van der Waals surface area contributed by atoms with E-state index in [0.29, 0.717) is 3.79 Å². The van der Waals surface area contributed by atoms with Crippen molar-refractivity contribution in [3.8, 4) is 5.75 Å². The van der Waals surface area contributed by atoms with Crippen LogP contribution in [-0.4, -0.2) is 26.6 Å². The molecule has 1 aromatic heterocycles. The molecule has 0 aliphatic rings. The molecule has 0 bridgehead atoms. The number of carboxylic acids is 1.